The van der Waals surface area contributed by atoms with Gasteiger partial charge in [0.15, 0.2) is 5.82 Å². The predicted octanol–water partition coefficient (Wildman–Crippen LogP) is 3.30. The van der Waals surface area contributed by atoms with Crippen molar-refractivity contribution >= 4 is 6.03 Å². The molecular formula is C21H25F3N6O2. The zero-order chi connectivity index (χ0) is 22.3. The van der Waals surface area contributed by atoms with Crippen LogP contribution in [0.3, 0.4) is 0 Å². The summed E-state index contributed by atoms with van der Waals surface area (Å²) in [6.07, 6.45) is 1.59. The molecule has 172 valence electrons. The lowest BCUT2D eigenvalue weighted by molar-refractivity contribution is -0.138. The number of hydrogen-bond acceptors (Lipinski definition) is 5. The molecule has 2 aliphatic heterocycles. The van der Waals surface area contributed by atoms with Gasteiger partial charge in [-0.1, -0.05) is 0 Å². The first-order chi connectivity index (χ1) is 15.4. The van der Waals surface area contributed by atoms with E-state index < -0.39 is 11.7 Å². The lowest BCUT2D eigenvalue weighted by Gasteiger charge is -2.43. The van der Waals surface area contributed by atoms with E-state index in [1.54, 1.807) is 4.90 Å². The second-order valence-corrected chi connectivity index (χ2v) is 8.81. The number of H-pyrrole nitrogens is 1. The van der Waals surface area contributed by atoms with Gasteiger partial charge in [-0.2, -0.15) is 18.3 Å². The van der Waals surface area contributed by atoms with Crippen molar-refractivity contribution in [1.82, 2.24) is 30.0 Å². The van der Waals surface area contributed by atoms with Crippen LogP contribution >= 0.6 is 0 Å². The monoisotopic (exact) mass is 450 g/mol. The Hall–Kier alpha value is -2.69. The van der Waals surface area contributed by atoms with Crippen molar-refractivity contribution < 1.29 is 22.7 Å². The van der Waals surface area contributed by atoms with Crippen molar-refractivity contribution in [1.29, 1.82) is 0 Å². The van der Waals surface area contributed by atoms with Gasteiger partial charge in [0.25, 0.3) is 0 Å². The van der Waals surface area contributed by atoms with Crippen LogP contribution in [0, 0.1) is 0 Å². The number of piperidine rings is 1. The Labute approximate surface area is 183 Å². The number of likely N-dealkylation sites (tertiary alicyclic amines) is 2. The molecular weight excluding hydrogens is 425 g/mol. The zero-order valence-electron chi connectivity index (χ0n) is 17.5. The van der Waals surface area contributed by atoms with Crippen molar-refractivity contribution in [2.24, 2.45) is 0 Å². The van der Waals surface area contributed by atoms with Crippen molar-refractivity contribution in [3.8, 4) is 0 Å². The molecule has 0 unspecified atom stereocenters. The van der Waals surface area contributed by atoms with Crippen LogP contribution in [0.4, 0.5) is 18.0 Å². The zero-order valence-corrected chi connectivity index (χ0v) is 17.5. The van der Waals surface area contributed by atoms with Crippen molar-refractivity contribution in [3.05, 3.63) is 41.2 Å². The molecule has 1 aliphatic carbocycles. The SMILES string of the molecule is O=C(N1CCC(c2nc(C3CC3)n[nH]2)CC1)N1CC(OCc2cncc(C(F)(F)F)c2)C1. The molecule has 8 nitrogen and oxygen atoms in total. The quantitative estimate of drug-likeness (QED) is 0.755. The Balaban J connectivity index is 1.05. The van der Waals surface area contributed by atoms with Crippen LogP contribution in [0.15, 0.2) is 18.5 Å². The fraction of sp³-hybridized carbons (Fsp3) is 0.619. The van der Waals surface area contributed by atoms with E-state index >= 15 is 0 Å². The maximum Gasteiger partial charge on any atom is 0.417 e. The first kappa shape index (κ1) is 21.2. The molecule has 3 fully saturated rings. The van der Waals surface area contributed by atoms with Crippen LogP contribution < -0.4 is 0 Å². The largest absolute Gasteiger partial charge is 0.417 e. The number of carbonyl (C=O) groups is 1. The van der Waals surface area contributed by atoms with E-state index in [1.807, 2.05) is 4.90 Å². The summed E-state index contributed by atoms with van der Waals surface area (Å²) in [6, 6.07) is 1.03. The number of aromatic nitrogens is 4. The Morgan fingerprint density at radius 2 is 1.84 bits per heavy atom. The van der Waals surface area contributed by atoms with E-state index in [4.69, 9.17) is 4.74 Å². The summed E-state index contributed by atoms with van der Waals surface area (Å²) in [5.41, 5.74) is -0.426. The van der Waals surface area contributed by atoms with Gasteiger partial charge in [0.2, 0.25) is 0 Å². The smallest absolute Gasteiger partial charge is 0.370 e. The van der Waals surface area contributed by atoms with Gasteiger partial charge in [0.1, 0.15) is 5.82 Å². The lowest BCUT2D eigenvalue weighted by atomic mass is 9.96. The van der Waals surface area contributed by atoms with Gasteiger partial charge < -0.3 is 14.5 Å². The van der Waals surface area contributed by atoms with Crippen LogP contribution in [0.25, 0.3) is 0 Å². The highest BCUT2D eigenvalue weighted by Crippen LogP contribution is 2.38. The van der Waals surface area contributed by atoms with Gasteiger partial charge in [-0.15, -0.1) is 0 Å². The molecule has 1 N–H and O–H groups in total. The number of urea groups is 1. The van der Waals surface area contributed by atoms with E-state index in [1.165, 1.54) is 19.0 Å². The van der Waals surface area contributed by atoms with Gasteiger partial charge in [0.05, 0.1) is 31.4 Å². The normalized spacial score (nSPS) is 20.5. The average molecular weight is 450 g/mol. The summed E-state index contributed by atoms with van der Waals surface area (Å²) in [5, 5.41) is 7.40. The summed E-state index contributed by atoms with van der Waals surface area (Å²) in [7, 11) is 0. The fourth-order valence-electron chi connectivity index (χ4n) is 4.17. The molecule has 3 aliphatic rings. The molecule has 2 aromatic rings. The first-order valence-electron chi connectivity index (χ1n) is 11.0. The van der Waals surface area contributed by atoms with E-state index in [-0.39, 0.29) is 18.7 Å². The minimum atomic E-state index is -4.43. The molecule has 0 atom stereocenters. The lowest BCUT2D eigenvalue weighted by Crippen LogP contribution is -2.59. The highest BCUT2D eigenvalue weighted by molar-refractivity contribution is 5.75. The summed E-state index contributed by atoms with van der Waals surface area (Å²) >= 11 is 0. The third-order valence-electron chi connectivity index (χ3n) is 6.34. The number of halogens is 3. The van der Waals surface area contributed by atoms with Gasteiger partial charge >= 0.3 is 12.2 Å². The summed E-state index contributed by atoms with van der Waals surface area (Å²) in [6.45, 7) is 2.26. The number of nitrogens with one attached hydrogen (secondary N) is 1. The van der Waals surface area contributed by atoms with Crippen LogP contribution in [0.1, 0.15) is 60.3 Å². The molecule has 5 rings (SSSR count). The third kappa shape index (κ3) is 4.57. The number of pyridine rings is 1. The highest BCUT2D eigenvalue weighted by atomic mass is 19.4. The maximum atomic E-state index is 12.8. The van der Waals surface area contributed by atoms with Crippen LogP contribution in [-0.2, 0) is 17.5 Å². The highest BCUT2D eigenvalue weighted by Gasteiger charge is 2.36. The van der Waals surface area contributed by atoms with Gasteiger partial charge in [-0.3, -0.25) is 10.1 Å². The number of amides is 2. The standard InChI is InChI=1S/C21H25F3N6O2/c22-21(23,24)16-7-13(8-25-9-16)12-32-17-10-30(11-17)20(31)29-5-3-15(4-6-29)19-26-18(27-28-19)14-1-2-14/h7-9,14-15,17H,1-6,10-12H2,(H,26,27,28). The molecule has 2 aromatic heterocycles. The fourth-order valence-corrected chi connectivity index (χ4v) is 4.17. The summed E-state index contributed by atoms with van der Waals surface area (Å²) in [4.78, 5) is 24.6. The molecule has 0 spiro atoms. The van der Waals surface area contributed by atoms with E-state index in [0.717, 1.165) is 36.8 Å². The molecule has 2 saturated heterocycles. The third-order valence-corrected chi connectivity index (χ3v) is 6.34. The molecule has 32 heavy (non-hydrogen) atoms. The number of carbonyl (C=O) groups excluding carboxylic acids is 1. The number of alkyl halides is 3. The van der Waals surface area contributed by atoms with Gasteiger partial charge in [-0.05, 0) is 37.3 Å². The Morgan fingerprint density at radius 3 is 2.53 bits per heavy atom. The average Bonchev–Trinajstić information content (AvgIpc) is 3.49. The second kappa shape index (κ2) is 8.34. The molecule has 0 radical (unpaired) electrons. The Morgan fingerprint density at radius 1 is 1.09 bits per heavy atom. The number of aromatic amines is 1. The van der Waals surface area contributed by atoms with E-state index in [2.05, 4.69) is 20.2 Å². The van der Waals surface area contributed by atoms with Crippen molar-refractivity contribution in [3.63, 3.8) is 0 Å². The van der Waals surface area contributed by atoms with Crippen molar-refractivity contribution in [2.75, 3.05) is 26.2 Å². The molecule has 1 saturated carbocycles. The number of hydrogen-bond donors (Lipinski definition) is 1. The topological polar surface area (TPSA) is 87.2 Å². The first-order valence-corrected chi connectivity index (χ1v) is 11.0. The van der Waals surface area contributed by atoms with E-state index in [0.29, 0.717) is 43.6 Å². The van der Waals surface area contributed by atoms with Crippen LogP contribution in [0.2, 0.25) is 0 Å². The summed E-state index contributed by atoms with van der Waals surface area (Å²) in [5.74, 6) is 2.67. The Bertz CT molecular complexity index is 962. The summed E-state index contributed by atoms with van der Waals surface area (Å²) < 4.78 is 44.0. The molecule has 2 amide bonds. The minimum Gasteiger partial charge on any atom is -0.370 e. The van der Waals surface area contributed by atoms with E-state index in [9.17, 15) is 18.0 Å². The van der Waals surface area contributed by atoms with Crippen LogP contribution in [-0.4, -0.2) is 68.3 Å². The number of rotatable bonds is 5. The Kier molecular flexibility index (Phi) is 5.52. The number of ether oxygens (including phenoxy) is 1. The van der Waals surface area contributed by atoms with Crippen LogP contribution in [0.5, 0.6) is 0 Å². The molecule has 0 aromatic carbocycles. The molecule has 4 heterocycles. The maximum absolute atomic E-state index is 12.8. The molecule has 0 bridgehead atoms. The number of nitrogens with zero attached hydrogens (tertiary/aromatic N) is 5. The predicted molar refractivity (Wildman–Crippen MR) is 107 cm³/mol. The van der Waals surface area contributed by atoms with Gasteiger partial charge in [-0.25, -0.2) is 9.78 Å². The van der Waals surface area contributed by atoms with Crippen molar-refractivity contribution in [2.45, 2.75) is 56.4 Å². The van der Waals surface area contributed by atoms with Gasteiger partial charge in [0, 0.05) is 37.3 Å². The molecule has 11 heteroatoms. The minimum absolute atomic E-state index is 0.0136. The second-order valence-electron chi connectivity index (χ2n) is 8.81.